The second-order valence-corrected chi connectivity index (χ2v) is 7.48. The van der Waals surface area contributed by atoms with E-state index >= 15 is 0 Å². The van der Waals surface area contributed by atoms with Crippen LogP contribution in [0.3, 0.4) is 0 Å². The van der Waals surface area contributed by atoms with Crippen molar-refractivity contribution in [3.8, 4) is 0 Å². The summed E-state index contributed by atoms with van der Waals surface area (Å²) in [5.41, 5.74) is 2.93. The largest absolute Gasteiger partial charge is 0.444 e. The number of rotatable bonds is 1. The van der Waals surface area contributed by atoms with Gasteiger partial charge in [0.2, 0.25) is 0 Å². The van der Waals surface area contributed by atoms with E-state index in [2.05, 4.69) is 29.6 Å². The molecule has 0 heterocycles. The van der Waals surface area contributed by atoms with Crippen molar-refractivity contribution in [3.05, 3.63) is 35.4 Å². The van der Waals surface area contributed by atoms with Gasteiger partial charge in [0.1, 0.15) is 5.60 Å². The van der Waals surface area contributed by atoms with Crippen molar-refractivity contribution in [2.24, 2.45) is 11.8 Å². The number of fused-ring (bicyclic) bond motifs is 2. The predicted octanol–water partition coefficient (Wildman–Crippen LogP) is 5.02. The molecule has 0 radical (unpaired) electrons. The molecule has 1 fully saturated rings. The topological polar surface area (TPSA) is 38.3 Å². The summed E-state index contributed by atoms with van der Waals surface area (Å²) in [7, 11) is 0. The number of ether oxygens (including phenoxy) is 1. The van der Waals surface area contributed by atoms with E-state index in [1.165, 1.54) is 30.4 Å². The van der Waals surface area contributed by atoms with Crippen molar-refractivity contribution in [3.63, 3.8) is 0 Å². The molecule has 2 aliphatic rings. The monoisotopic (exact) mass is 299 g/mol. The van der Waals surface area contributed by atoms with Crippen LogP contribution in [-0.2, 0) is 11.2 Å². The number of amides is 1. The number of hydrogen-bond donors (Lipinski definition) is 1. The average molecular weight is 299 g/mol. The average Bonchev–Trinajstić information content (AvgIpc) is 2.37. The molecule has 2 unspecified atom stereocenters. The number of carbonyl (C=O) groups is 1. The summed E-state index contributed by atoms with van der Waals surface area (Å²) in [6.07, 6.45) is 9.17. The Labute approximate surface area is 132 Å². The fraction of sp³-hybridized carbons (Fsp3) is 0.526. The summed E-state index contributed by atoms with van der Waals surface area (Å²) >= 11 is 0. The van der Waals surface area contributed by atoms with Gasteiger partial charge in [-0.3, -0.25) is 5.32 Å². The van der Waals surface area contributed by atoms with Crippen LogP contribution in [0, 0.1) is 11.8 Å². The van der Waals surface area contributed by atoms with E-state index in [9.17, 15) is 4.79 Å². The fourth-order valence-corrected chi connectivity index (χ4v) is 3.30. The van der Waals surface area contributed by atoms with E-state index in [4.69, 9.17) is 4.74 Å². The van der Waals surface area contributed by atoms with Crippen LogP contribution in [0.4, 0.5) is 10.5 Å². The maximum atomic E-state index is 11.9. The summed E-state index contributed by atoms with van der Waals surface area (Å²) in [4.78, 5) is 11.9. The third-order valence-electron chi connectivity index (χ3n) is 4.58. The lowest BCUT2D eigenvalue weighted by Crippen LogP contribution is -2.28. The Hall–Kier alpha value is -1.77. The van der Waals surface area contributed by atoms with Gasteiger partial charge in [0.05, 0.1) is 0 Å². The molecule has 0 aliphatic heterocycles. The molecule has 0 saturated heterocycles. The number of hydrogen-bond acceptors (Lipinski definition) is 2. The highest BCUT2D eigenvalue weighted by atomic mass is 16.6. The summed E-state index contributed by atoms with van der Waals surface area (Å²) in [5, 5.41) is 2.82. The molecular formula is C19H25NO2. The minimum atomic E-state index is -0.479. The van der Waals surface area contributed by atoms with Gasteiger partial charge in [-0.05, 0) is 81.5 Å². The third kappa shape index (κ3) is 3.52. The van der Waals surface area contributed by atoms with Gasteiger partial charge in [-0.1, -0.05) is 18.2 Å². The summed E-state index contributed by atoms with van der Waals surface area (Å²) in [6, 6.07) is 6.17. The van der Waals surface area contributed by atoms with Gasteiger partial charge in [0, 0.05) is 5.69 Å². The second kappa shape index (κ2) is 5.79. The Morgan fingerprint density at radius 1 is 1.23 bits per heavy atom. The molecular weight excluding hydrogens is 274 g/mol. The van der Waals surface area contributed by atoms with E-state index < -0.39 is 11.7 Å². The van der Waals surface area contributed by atoms with E-state index in [1.54, 1.807) is 0 Å². The van der Waals surface area contributed by atoms with Crippen LogP contribution in [0.15, 0.2) is 24.3 Å². The zero-order valence-electron chi connectivity index (χ0n) is 13.7. The Bertz CT molecular complexity index is 598. The second-order valence-electron chi connectivity index (χ2n) is 7.48. The highest BCUT2D eigenvalue weighted by Crippen LogP contribution is 2.41. The lowest BCUT2D eigenvalue weighted by Gasteiger charge is -2.37. The van der Waals surface area contributed by atoms with Gasteiger partial charge < -0.3 is 4.74 Å². The van der Waals surface area contributed by atoms with Crippen LogP contribution in [0.2, 0.25) is 0 Å². The number of benzene rings is 1. The minimum absolute atomic E-state index is 0.402. The maximum Gasteiger partial charge on any atom is 0.412 e. The summed E-state index contributed by atoms with van der Waals surface area (Å²) in [6.45, 7) is 5.60. The van der Waals surface area contributed by atoms with Crippen LogP contribution in [0.1, 0.15) is 51.2 Å². The normalized spacial score (nSPS) is 23.4. The maximum absolute atomic E-state index is 11.9. The van der Waals surface area contributed by atoms with Gasteiger partial charge in [-0.25, -0.2) is 4.79 Å². The standard InChI is InChI=1S/C19H25NO2/c1-19(2,3)22-18(21)20-17-10-9-16-11-15-8-7-13(15)5-4-6-14(16)12-17/h4,6,9-10,12-13,15H,5,7-8,11H2,1-3H3,(H,20,21). The van der Waals surface area contributed by atoms with E-state index in [-0.39, 0.29) is 0 Å². The van der Waals surface area contributed by atoms with E-state index in [1.807, 2.05) is 26.8 Å². The molecule has 1 amide bonds. The number of carbonyl (C=O) groups excluding carboxylic acids is 1. The Balaban J connectivity index is 1.74. The first-order valence-corrected chi connectivity index (χ1v) is 8.20. The molecule has 118 valence electrons. The minimum Gasteiger partial charge on any atom is -0.444 e. The molecule has 0 aromatic heterocycles. The van der Waals surface area contributed by atoms with Crippen molar-refractivity contribution in [1.29, 1.82) is 0 Å². The zero-order chi connectivity index (χ0) is 15.7. The van der Waals surface area contributed by atoms with Gasteiger partial charge in [-0.2, -0.15) is 0 Å². The van der Waals surface area contributed by atoms with Crippen molar-refractivity contribution in [1.82, 2.24) is 0 Å². The molecule has 3 heteroatoms. The molecule has 1 N–H and O–H groups in total. The van der Waals surface area contributed by atoms with Crippen LogP contribution in [0.5, 0.6) is 0 Å². The molecule has 2 aliphatic carbocycles. The Morgan fingerprint density at radius 3 is 2.68 bits per heavy atom. The lowest BCUT2D eigenvalue weighted by molar-refractivity contribution is 0.0636. The van der Waals surface area contributed by atoms with Gasteiger partial charge >= 0.3 is 6.09 Å². The van der Waals surface area contributed by atoms with Crippen molar-refractivity contribution >= 4 is 17.9 Å². The first-order chi connectivity index (χ1) is 10.4. The molecule has 1 aromatic carbocycles. The van der Waals surface area contributed by atoms with Crippen LogP contribution < -0.4 is 5.32 Å². The SMILES string of the molecule is CC(C)(C)OC(=O)Nc1ccc2c(c1)C=CCC1CCC1C2. The smallest absolute Gasteiger partial charge is 0.412 e. The van der Waals surface area contributed by atoms with E-state index in [0.717, 1.165) is 23.9 Å². The number of nitrogens with one attached hydrogen (secondary N) is 1. The van der Waals surface area contributed by atoms with Gasteiger partial charge in [-0.15, -0.1) is 0 Å². The summed E-state index contributed by atoms with van der Waals surface area (Å²) < 4.78 is 5.30. The first kappa shape index (κ1) is 15.1. The van der Waals surface area contributed by atoms with Crippen LogP contribution >= 0.6 is 0 Å². The number of allylic oxidation sites excluding steroid dienone is 1. The molecule has 0 bridgehead atoms. The molecule has 3 nitrogen and oxygen atoms in total. The molecule has 2 atom stereocenters. The molecule has 3 rings (SSSR count). The van der Waals surface area contributed by atoms with Gasteiger partial charge in [0.25, 0.3) is 0 Å². The first-order valence-electron chi connectivity index (χ1n) is 8.20. The molecule has 1 aromatic rings. The third-order valence-corrected chi connectivity index (χ3v) is 4.58. The number of anilines is 1. The fourth-order valence-electron chi connectivity index (χ4n) is 3.30. The highest BCUT2D eigenvalue weighted by molar-refractivity contribution is 5.85. The molecule has 1 saturated carbocycles. The Kier molecular flexibility index (Phi) is 3.98. The lowest BCUT2D eigenvalue weighted by atomic mass is 9.68. The van der Waals surface area contributed by atoms with Crippen LogP contribution in [0.25, 0.3) is 6.08 Å². The van der Waals surface area contributed by atoms with Crippen molar-refractivity contribution < 1.29 is 9.53 Å². The van der Waals surface area contributed by atoms with E-state index in [0.29, 0.717) is 0 Å². The molecule has 0 spiro atoms. The quantitative estimate of drug-likeness (QED) is 0.790. The highest BCUT2D eigenvalue weighted by Gasteiger charge is 2.30. The Morgan fingerprint density at radius 2 is 2.00 bits per heavy atom. The van der Waals surface area contributed by atoms with Gasteiger partial charge in [0.15, 0.2) is 0 Å². The van der Waals surface area contributed by atoms with Crippen molar-refractivity contribution in [2.45, 2.75) is 52.1 Å². The van der Waals surface area contributed by atoms with Crippen molar-refractivity contribution in [2.75, 3.05) is 5.32 Å². The molecule has 22 heavy (non-hydrogen) atoms. The van der Waals surface area contributed by atoms with Crippen LogP contribution in [-0.4, -0.2) is 11.7 Å². The summed E-state index contributed by atoms with van der Waals surface area (Å²) in [5.74, 6) is 1.72. The zero-order valence-corrected chi connectivity index (χ0v) is 13.7. The predicted molar refractivity (Wildman–Crippen MR) is 89.9 cm³/mol.